The first kappa shape index (κ1) is 11.5. The Hall–Kier alpha value is -0.520. The van der Waals surface area contributed by atoms with Crippen LogP contribution in [0.2, 0.25) is 0 Å². The molecule has 0 aliphatic carbocycles. The maximum absolute atomic E-state index is 10.6. The standard InChI is InChI=1S/C5H9O6P/c1-2-3-4(6)5(7)11-12(8,9)10/h2-3,5,7H,1H3,(H2,8,9,10). The molecule has 1 unspecified atom stereocenters. The SMILES string of the molecule is CC=CC(=O)C(O)OP(=O)(O)O. The Labute approximate surface area is 68.7 Å². The molecule has 0 aliphatic heterocycles. The van der Waals surface area contributed by atoms with E-state index in [0.29, 0.717) is 0 Å². The predicted molar refractivity (Wildman–Crippen MR) is 39.0 cm³/mol. The van der Waals surface area contributed by atoms with Gasteiger partial charge in [0, 0.05) is 0 Å². The molecule has 0 saturated carbocycles. The van der Waals surface area contributed by atoms with Gasteiger partial charge in [-0.05, 0) is 13.0 Å². The van der Waals surface area contributed by atoms with E-state index < -0.39 is 19.9 Å². The minimum atomic E-state index is -4.80. The van der Waals surface area contributed by atoms with E-state index in [1.807, 2.05) is 0 Å². The minimum Gasteiger partial charge on any atom is -0.361 e. The third-order valence-corrected chi connectivity index (χ3v) is 1.29. The van der Waals surface area contributed by atoms with Gasteiger partial charge >= 0.3 is 7.82 Å². The molecule has 0 aromatic carbocycles. The van der Waals surface area contributed by atoms with Crippen molar-refractivity contribution < 1.29 is 28.8 Å². The zero-order chi connectivity index (χ0) is 9.78. The fourth-order valence-electron chi connectivity index (χ4n) is 0.429. The van der Waals surface area contributed by atoms with Crippen molar-refractivity contribution >= 4 is 13.6 Å². The number of hydrogen-bond acceptors (Lipinski definition) is 4. The predicted octanol–water partition coefficient (Wildman–Crippen LogP) is -0.441. The Morgan fingerprint density at radius 1 is 1.58 bits per heavy atom. The molecule has 0 saturated heterocycles. The van der Waals surface area contributed by atoms with Crippen molar-refractivity contribution in [3.63, 3.8) is 0 Å². The number of aliphatic hydroxyl groups is 1. The van der Waals surface area contributed by atoms with Gasteiger partial charge in [0.1, 0.15) is 0 Å². The van der Waals surface area contributed by atoms with E-state index in [0.717, 1.165) is 6.08 Å². The molecule has 70 valence electrons. The maximum atomic E-state index is 10.6. The van der Waals surface area contributed by atoms with Crippen LogP contribution in [-0.4, -0.2) is 27.0 Å². The van der Waals surface area contributed by atoms with Crippen LogP contribution in [0.4, 0.5) is 0 Å². The van der Waals surface area contributed by atoms with Gasteiger partial charge in [-0.3, -0.25) is 4.79 Å². The zero-order valence-corrected chi connectivity index (χ0v) is 7.14. The van der Waals surface area contributed by atoms with Gasteiger partial charge in [-0.1, -0.05) is 6.08 Å². The summed E-state index contributed by atoms with van der Waals surface area (Å²) < 4.78 is 13.8. The monoisotopic (exact) mass is 196 g/mol. The number of rotatable bonds is 4. The van der Waals surface area contributed by atoms with Gasteiger partial charge in [0.25, 0.3) is 0 Å². The Bertz CT molecular complexity index is 228. The molecule has 3 N–H and O–H groups in total. The number of aliphatic hydroxyl groups excluding tert-OH is 1. The molecule has 6 nitrogen and oxygen atoms in total. The first-order valence-corrected chi connectivity index (χ1v) is 4.48. The first-order valence-electron chi connectivity index (χ1n) is 2.95. The van der Waals surface area contributed by atoms with Crippen molar-refractivity contribution in [3.05, 3.63) is 12.2 Å². The Morgan fingerprint density at radius 2 is 2.08 bits per heavy atom. The molecule has 7 heteroatoms. The summed E-state index contributed by atoms with van der Waals surface area (Å²) in [6.07, 6.45) is 0.150. The van der Waals surface area contributed by atoms with Crippen LogP contribution in [0, 0.1) is 0 Å². The number of phosphoric acid groups is 1. The van der Waals surface area contributed by atoms with Crippen LogP contribution in [-0.2, 0) is 13.9 Å². The summed E-state index contributed by atoms with van der Waals surface area (Å²) in [5.41, 5.74) is 0. The molecule has 0 heterocycles. The number of carbonyl (C=O) groups is 1. The number of hydrogen-bond donors (Lipinski definition) is 3. The number of ketones is 1. The third kappa shape index (κ3) is 5.17. The lowest BCUT2D eigenvalue weighted by atomic mass is 10.3. The van der Waals surface area contributed by atoms with Crippen molar-refractivity contribution in [2.75, 3.05) is 0 Å². The van der Waals surface area contributed by atoms with Crippen molar-refractivity contribution in [1.29, 1.82) is 0 Å². The van der Waals surface area contributed by atoms with Gasteiger partial charge in [-0.2, -0.15) is 0 Å². The summed E-state index contributed by atoms with van der Waals surface area (Å²) >= 11 is 0. The summed E-state index contributed by atoms with van der Waals surface area (Å²) in [6, 6.07) is 0. The molecular weight excluding hydrogens is 187 g/mol. The molecule has 1 atom stereocenters. The summed E-state index contributed by atoms with van der Waals surface area (Å²) in [7, 11) is -4.80. The Kier molecular flexibility index (Phi) is 4.30. The first-order chi connectivity index (χ1) is 5.37. The second-order valence-electron chi connectivity index (χ2n) is 1.85. The molecule has 12 heavy (non-hydrogen) atoms. The van der Waals surface area contributed by atoms with Gasteiger partial charge in [0.05, 0.1) is 0 Å². The Balaban J connectivity index is 4.14. The van der Waals surface area contributed by atoms with Gasteiger partial charge in [0.15, 0.2) is 0 Å². The molecule has 0 aromatic heterocycles. The van der Waals surface area contributed by atoms with Crippen LogP contribution in [0.1, 0.15) is 6.92 Å². The van der Waals surface area contributed by atoms with Crippen LogP contribution < -0.4 is 0 Å². The minimum absolute atomic E-state index is 0.916. The highest BCUT2D eigenvalue weighted by molar-refractivity contribution is 7.46. The molecule has 0 radical (unpaired) electrons. The molecule has 0 rings (SSSR count). The van der Waals surface area contributed by atoms with E-state index in [4.69, 9.17) is 14.9 Å². The summed E-state index contributed by atoms with van der Waals surface area (Å²) in [5.74, 6) is -0.916. The highest BCUT2D eigenvalue weighted by Gasteiger charge is 2.24. The molecule has 0 aromatic rings. The van der Waals surface area contributed by atoms with E-state index in [1.54, 1.807) is 0 Å². The smallest absolute Gasteiger partial charge is 0.361 e. The van der Waals surface area contributed by atoms with E-state index in [-0.39, 0.29) is 0 Å². The molecule has 0 spiro atoms. The van der Waals surface area contributed by atoms with Crippen LogP contribution in [0.5, 0.6) is 0 Å². The normalized spacial score (nSPS) is 15.0. The van der Waals surface area contributed by atoms with Crippen LogP contribution >= 0.6 is 7.82 Å². The van der Waals surface area contributed by atoms with Crippen LogP contribution in [0.3, 0.4) is 0 Å². The largest absolute Gasteiger partial charge is 0.472 e. The van der Waals surface area contributed by atoms with E-state index in [2.05, 4.69) is 4.52 Å². The second-order valence-corrected chi connectivity index (χ2v) is 3.04. The molecule has 0 amide bonds. The lowest BCUT2D eigenvalue weighted by Crippen LogP contribution is -2.20. The summed E-state index contributed by atoms with van der Waals surface area (Å²) in [4.78, 5) is 26.9. The molecule has 0 bridgehead atoms. The van der Waals surface area contributed by atoms with Gasteiger partial charge in [-0.25, -0.2) is 9.09 Å². The van der Waals surface area contributed by atoms with E-state index in [1.165, 1.54) is 13.0 Å². The number of allylic oxidation sites excluding steroid dienone is 1. The van der Waals surface area contributed by atoms with Crippen LogP contribution in [0.25, 0.3) is 0 Å². The van der Waals surface area contributed by atoms with E-state index >= 15 is 0 Å². The van der Waals surface area contributed by atoms with Gasteiger partial charge in [0.2, 0.25) is 12.1 Å². The molecule has 0 fully saturated rings. The van der Waals surface area contributed by atoms with Gasteiger partial charge in [-0.15, -0.1) is 0 Å². The quantitative estimate of drug-likeness (QED) is 0.320. The van der Waals surface area contributed by atoms with Crippen molar-refractivity contribution in [3.8, 4) is 0 Å². The lowest BCUT2D eigenvalue weighted by molar-refractivity contribution is -0.137. The molecule has 0 aliphatic rings. The fourth-order valence-corrected chi connectivity index (χ4v) is 0.793. The third-order valence-electron chi connectivity index (χ3n) is 0.811. The Morgan fingerprint density at radius 3 is 2.42 bits per heavy atom. The van der Waals surface area contributed by atoms with Crippen molar-refractivity contribution in [1.82, 2.24) is 0 Å². The average Bonchev–Trinajstić information content (AvgIpc) is 1.84. The highest BCUT2D eigenvalue weighted by atomic mass is 31.2. The number of carbonyl (C=O) groups excluding carboxylic acids is 1. The lowest BCUT2D eigenvalue weighted by Gasteiger charge is -2.08. The average molecular weight is 196 g/mol. The maximum Gasteiger partial charge on any atom is 0.472 e. The van der Waals surface area contributed by atoms with Crippen LogP contribution in [0.15, 0.2) is 12.2 Å². The molecular formula is C5H9O6P. The van der Waals surface area contributed by atoms with Gasteiger partial charge < -0.3 is 14.9 Å². The second kappa shape index (κ2) is 4.49. The van der Waals surface area contributed by atoms with E-state index in [9.17, 15) is 9.36 Å². The zero-order valence-electron chi connectivity index (χ0n) is 6.25. The number of phosphoric ester groups is 1. The summed E-state index contributed by atoms with van der Waals surface area (Å²) in [6.45, 7) is 1.52. The highest BCUT2D eigenvalue weighted by Crippen LogP contribution is 2.37. The van der Waals surface area contributed by atoms with Crippen molar-refractivity contribution in [2.24, 2.45) is 0 Å². The summed E-state index contributed by atoms with van der Waals surface area (Å²) in [5, 5.41) is 8.67. The fraction of sp³-hybridized carbons (Fsp3) is 0.400. The van der Waals surface area contributed by atoms with Crippen molar-refractivity contribution in [2.45, 2.75) is 13.2 Å². The topological polar surface area (TPSA) is 104 Å².